The highest BCUT2D eigenvalue weighted by Gasteiger charge is 2.29. The van der Waals surface area contributed by atoms with Gasteiger partial charge in [-0.1, -0.05) is 72.3 Å². The second-order valence-corrected chi connectivity index (χ2v) is 10.2. The van der Waals surface area contributed by atoms with Crippen molar-refractivity contribution in [1.29, 1.82) is 0 Å². The molecule has 0 aliphatic heterocycles. The number of halogens is 2. The van der Waals surface area contributed by atoms with E-state index >= 15 is 0 Å². The molecule has 1 aromatic heterocycles. The second kappa shape index (κ2) is 11.4. The van der Waals surface area contributed by atoms with Crippen LogP contribution in [0.15, 0.2) is 78.9 Å². The maximum absolute atomic E-state index is 13.7. The van der Waals surface area contributed by atoms with Crippen LogP contribution in [0.3, 0.4) is 0 Å². The summed E-state index contributed by atoms with van der Waals surface area (Å²) < 4.78 is 7.66. The third-order valence-corrected chi connectivity index (χ3v) is 7.16. The summed E-state index contributed by atoms with van der Waals surface area (Å²) in [6, 6.07) is 25.6. The number of amides is 1. The standard InChI is InChI=1S/C30H29Cl2N3O2/c1-34-28(16-27(33-34)25-12-13-25)30(36)35(18-22-5-3-2-4-6-22)19-24-11-14-29(26(32)15-24)37-20-23-9-7-21(17-31)8-10-23/h2-11,14-16,25H,12-13,17-20H2,1H3. The monoisotopic (exact) mass is 533 g/mol. The lowest BCUT2D eigenvalue weighted by Gasteiger charge is -2.23. The van der Waals surface area contributed by atoms with Crippen LogP contribution in [0.4, 0.5) is 0 Å². The molecule has 1 fully saturated rings. The molecule has 0 saturated heterocycles. The molecule has 5 rings (SSSR count). The molecule has 0 spiro atoms. The third-order valence-electron chi connectivity index (χ3n) is 6.56. The zero-order valence-corrected chi connectivity index (χ0v) is 22.3. The summed E-state index contributed by atoms with van der Waals surface area (Å²) in [6.45, 7) is 1.30. The van der Waals surface area contributed by atoms with Crippen LogP contribution in [-0.4, -0.2) is 20.6 Å². The van der Waals surface area contributed by atoms with Gasteiger partial charge in [0.05, 0.1) is 10.7 Å². The van der Waals surface area contributed by atoms with E-state index in [1.54, 1.807) is 4.68 Å². The van der Waals surface area contributed by atoms with E-state index in [9.17, 15) is 4.79 Å². The summed E-state index contributed by atoms with van der Waals surface area (Å²) in [5.41, 5.74) is 5.70. The molecule has 37 heavy (non-hydrogen) atoms. The molecule has 3 aromatic carbocycles. The van der Waals surface area contributed by atoms with Gasteiger partial charge in [-0.05, 0) is 53.3 Å². The Morgan fingerprint density at radius 2 is 1.62 bits per heavy atom. The molecule has 5 nitrogen and oxygen atoms in total. The molecule has 1 heterocycles. The Balaban J connectivity index is 1.32. The van der Waals surface area contributed by atoms with E-state index in [0.717, 1.165) is 40.8 Å². The molecule has 1 amide bonds. The predicted molar refractivity (Wildman–Crippen MR) is 147 cm³/mol. The molecule has 7 heteroatoms. The van der Waals surface area contributed by atoms with Crippen molar-refractivity contribution in [2.45, 2.75) is 44.3 Å². The number of hydrogen-bond acceptors (Lipinski definition) is 3. The largest absolute Gasteiger partial charge is 0.487 e. The normalized spacial score (nSPS) is 12.9. The first kappa shape index (κ1) is 25.4. The Labute approximate surface area is 227 Å². The number of rotatable bonds is 10. The minimum Gasteiger partial charge on any atom is -0.487 e. The van der Waals surface area contributed by atoms with Crippen LogP contribution in [-0.2, 0) is 32.6 Å². The molecule has 0 N–H and O–H groups in total. The molecular weight excluding hydrogens is 505 g/mol. The average Bonchev–Trinajstić information content (AvgIpc) is 3.70. The van der Waals surface area contributed by atoms with Crippen molar-refractivity contribution >= 4 is 29.1 Å². The van der Waals surface area contributed by atoms with Crippen LogP contribution in [0.25, 0.3) is 0 Å². The molecule has 1 aliphatic carbocycles. The topological polar surface area (TPSA) is 47.4 Å². The zero-order valence-electron chi connectivity index (χ0n) is 20.7. The molecule has 1 aliphatic rings. The first-order chi connectivity index (χ1) is 18.0. The number of hydrogen-bond donors (Lipinski definition) is 0. The maximum Gasteiger partial charge on any atom is 0.272 e. The number of aromatic nitrogens is 2. The van der Waals surface area contributed by atoms with Crippen LogP contribution >= 0.6 is 23.2 Å². The molecule has 0 atom stereocenters. The Morgan fingerprint density at radius 3 is 2.30 bits per heavy atom. The highest BCUT2D eigenvalue weighted by molar-refractivity contribution is 6.32. The fourth-order valence-corrected chi connectivity index (χ4v) is 4.74. The number of nitrogens with zero attached hydrogens (tertiary/aromatic N) is 3. The molecule has 0 unspecified atom stereocenters. The molecule has 0 bridgehead atoms. The van der Waals surface area contributed by atoms with Crippen LogP contribution in [0.2, 0.25) is 5.02 Å². The molecular formula is C30H29Cl2N3O2. The van der Waals surface area contributed by atoms with Gasteiger partial charge in [-0.3, -0.25) is 9.48 Å². The minimum atomic E-state index is -0.0532. The summed E-state index contributed by atoms with van der Waals surface area (Å²) in [7, 11) is 1.84. The van der Waals surface area contributed by atoms with Gasteiger partial charge in [-0.15, -0.1) is 11.6 Å². The number of benzene rings is 3. The van der Waals surface area contributed by atoms with E-state index in [-0.39, 0.29) is 5.91 Å². The number of carbonyl (C=O) groups is 1. The Morgan fingerprint density at radius 1 is 0.946 bits per heavy atom. The lowest BCUT2D eigenvalue weighted by atomic mass is 10.1. The summed E-state index contributed by atoms with van der Waals surface area (Å²) in [5.74, 6) is 1.52. The summed E-state index contributed by atoms with van der Waals surface area (Å²) >= 11 is 12.5. The van der Waals surface area contributed by atoms with Crippen LogP contribution in [0, 0.1) is 0 Å². The van der Waals surface area contributed by atoms with Crippen molar-refractivity contribution < 1.29 is 9.53 Å². The number of ether oxygens (including phenoxy) is 1. The van der Waals surface area contributed by atoms with E-state index < -0.39 is 0 Å². The van der Waals surface area contributed by atoms with Crippen molar-refractivity contribution in [2.75, 3.05) is 0 Å². The van der Waals surface area contributed by atoms with Crippen molar-refractivity contribution in [1.82, 2.24) is 14.7 Å². The van der Waals surface area contributed by atoms with Gasteiger partial charge in [0.2, 0.25) is 0 Å². The first-order valence-corrected chi connectivity index (χ1v) is 13.3. The van der Waals surface area contributed by atoms with Gasteiger partial charge in [-0.25, -0.2) is 0 Å². The Bertz CT molecular complexity index is 1370. The smallest absolute Gasteiger partial charge is 0.272 e. The lowest BCUT2D eigenvalue weighted by molar-refractivity contribution is 0.0718. The SMILES string of the molecule is Cn1nc(C2CC2)cc1C(=O)N(Cc1ccccc1)Cc1ccc(OCc2ccc(CCl)cc2)c(Cl)c1. The van der Waals surface area contributed by atoms with Crippen molar-refractivity contribution in [3.63, 3.8) is 0 Å². The van der Waals surface area contributed by atoms with Gasteiger partial charge in [-0.2, -0.15) is 5.10 Å². The Kier molecular flexibility index (Phi) is 7.82. The van der Waals surface area contributed by atoms with Gasteiger partial charge in [0.15, 0.2) is 0 Å². The van der Waals surface area contributed by atoms with E-state index in [1.807, 2.05) is 90.8 Å². The molecule has 0 radical (unpaired) electrons. The van der Waals surface area contributed by atoms with E-state index in [2.05, 4.69) is 5.10 Å². The second-order valence-electron chi connectivity index (χ2n) is 9.50. The minimum absolute atomic E-state index is 0.0532. The molecule has 4 aromatic rings. The highest BCUT2D eigenvalue weighted by atomic mass is 35.5. The van der Waals surface area contributed by atoms with Crippen molar-refractivity contribution in [2.24, 2.45) is 7.05 Å². The van der Waals surface area contributed by atoms with Crippen molar-refractivity contribution in [3.8, 4) is 5.75 Å². The number of alkyl halides is 1. The van der Waals surface area contributed by atoms with Gasteiger partial charge in [0, 0.05) is 31.9 Å². The summed E-state index contributed by atoms with van der Waals surface area (Å²) in [4.78, 5) is 15.5. The van der Waals surface area contributed by atoms with Crippen LogP contribution in [0.5, 0.6) is 5.75 Å². The first-order valence-electron chi connectivity index (χ1n) is 12.4. The fourth-order valence-electron chi connectivity index (χ4n) is 4.30. The van der Waals surface area contributed by atoms with Gasteiger partial charge < -0.3 is 9.64 Å². The van der Waals surface area contributed by atoms with E-state index in [4.69, 9.17) is 27.9 Å². The highest BCUT2D eigenvalue weighted by Crippen LogP contribution is 2.39. The van der Waals surface area contributed by atoms with Gasteiger partial charge in [0.1, 0.15) is 18.1 Å². The number of aryl methyl sites for hydroxylation is 1. The van der Waals surface area contributed by atoms with Crippen LogP contribution < -0.4 is 4.74 Å². The lowest BCUT2D eigenvalue weighted by Crippen LogP contribution is -2.31. The molecule has 190 valence electrons. The maximum atomic E-state index is 13.7. The zero-order chi connectivity index (χ0) is 25.8. The van der Waals surface area contributed by atoms with E-state index in [1.165, 1.54) is 0 Å². The fraction of sp³-hybridized carbons (Fsp3) is 0.267. The van der Waals surface area contributed by atoms with Crippen LogP contribution in [0.1, 0.15) is 57.2 Å². The summed E-state index contributed by atoms with van der Waals surface area (Å²) in [5, 5.41) is 5.11. The van der Waals surface area contributed by atoms with E-state index in [0.29, 0.717) is 48.0 Å². The average molecular weight is 534 g/mol. The Hall–Kier alpha value is -3.28. The predicted octanol–water partition coefficient (Wildman–Crippen LogP) is 7.11. The van der Waals surface area contributed by atoms with Gasteiger partial charge >= 0.3 is 0 Å². The summed E-state index contributed by atoms with van der Waals surface area (Å²) in [6.07, 6.45) is 2.29. The third kappa shape index (κ3) is 6.35. The van der Waals surface area contributed by atoms with Gasteiger partial charge in [0.25, 0.3) is 5.91 Å². The quantitative estimate of drug-likeness (QED) is 0.204. The molecule has 1 saturated carbocycles. The van der Waals surface area contributed by atoms with Crippen molar-refractivity contribution in [3.05, 3.63) is 118 Å². The number of carbonyl (C=O) groups excluding carboxylic acids is 1.